The third-order valence-electron chi connectivity index (χ3n) is 5.44. The van der Waals surface area contributed by atoms with Crippen LogP contribution in [0.5, 0.6) is 11.5 Å². The molecule has 3 aromatic rings. The van der Waals surface area contributed by atoms with Crippen LogP contribution in [0.15, 0.2) is 36.4 Å². The zero-order chi connectivity index (χ0) is 22.0. The van der Waals surface area contributed by atoms with E-state index in [-0.39, 0.29) is 12.0 Å². The first kappa shape index (κ1) is 20.8. The molecule has 1 aromatic heterocycles. The molecule has 1 heterocycles. The van der Waals surface area contributed by atoms with Gasteiger partial charge in [-0.25, -0.2) is 0 Å². The Labute approximate surface area is 181 Å². The van der Waals surface area contributed by atoms with E-state index in [1.165, 1.54) is 24.8 Å². The predicted octanol–water partition coefficient (Wildman–Crippen LogP) is 3.92. The topological polar surface area (TPSA) is 92.5 Å². The van der Waals surface area contributed by atoms with Crippen molar-refractivity contribution < 1.29 is 19.1 Å². The molecule has 4 rings (SSSR count). The Bertz CT molecular complexity index is 1130. The number of aryl methyl sites for hydroxylation is 2. The highest BCUT2D eigenvalue weighted by Crippen LogP contribution is 2.30. The van der Waals surface area contributed by atoms with E-state index in [4.69, 9.17) is 9.47 Å². The summed E-state index contributed by atoms with van der Waals surface area (Å²) in [6.45, 7) is 3.83. The van der Waals surface area contributed by atoms with Crippen molar-refractivity contribution in [3.63, 3.8) is 0 Å². The lowest BCUT2D eigenvalue weighted by molar-refractivity contribution is 0.0846. The molecule has 0 spiro atoms. The van der Waals surface area contributed by atoms with Crippen molar-refractivity contribution in [2.45, 2.75) is 45.6 Å². The van der Waals surface area contributed by atoms with Gasteiger partial charge < -0.3 is 14.5 Å². The lowest BCUT2D eigenvalue weighted by atomic mass is 9.95. The zero-order valence-electron chi connectivity index (χ0n) is 18.0. The maximum absolute atomic E-state index is 12.6. The van der Waals surface area contributed by atoms with Gasteiger partial charge in [-0.2, -0.15) is 0 Å². The van der Waals surface area contributed by atoms with Crippen LogP contribution in [-0.2, 0) is 12.8 Å². The van der Waals surface area contributed by atoms with E-state index in [1.807, 2.05) is 26.0 Å². The Morgan fingerprint density at radius 1 is 0.935 bits per heavy atom. The number of aromatic amines is 1. The number of ether oxygens (including phenoxy) is 2. The Morgan fingerprint density at radius 3 is 2.32 bits per heavy atom. The second kappa shape index (κ2) is 8.71. The number of hydrogen-bond donors (Lipinski definition) is 3. The summed E-state index contributed by atoms with van der Waals surface area (Å²) in [4.78, 5) is 28.6. The van der Waals surface area contributed by atoms with E-state index >= 15 is 0 Å². The number of carbonyl (C=O) groups excluding carboxylic acids is 2. The van der Waals surface area contributed by atoms with Crippen LogP contribution in [0.25, 0.3) is 10.9 Å². The van der Waals surface area contributed by atoms with Gasteiger partial charge in [0.2, 0.25) is 0 Å². The molecule has 0 radical (unpaired) electrons. The highest BCUT2D eigenvalue weighted by atomic mass is 16.5. The largest absolute Gasteiger partial charge is 0.493 e. The van der Waals surface area contributed by atoms with Crippen molar-refractivity contribution in [1.29, 1.82) is 0 Å². The number of nitrogens with one attached hydrogen (secondary N) is 3. The van der Waals surface area contributed by atoms with Crippen LogP contribution in [0, 0.1) is 0 Å². The van der Waals surface area contributed by atoms with Crippen LogP contribution < -0.4 is 20.3 Å². The Morgan fingerprint density at radius 2 is 1.61 bits per heavy atom. The number of rotatable bonds is 5. The van der Waals surface area contributed by atoms with Gasteiger partial charge in [-0.1, -0.05) is 0 Å². The van der Waals surface area contributed by atoms with Crippen molar-refractivity contribution in [3.05, 3.63) is 58.8 Å². The van der Waals surface area contributed by atoms with Crippen LogP contribution in [0.1, 0.15) is 58.7 Å². The molecule has 7 heteroatoms. The molecule has 31 heavy (non-hydrogen) atoms. The Kier molecular flexibility index (Phi) is 5.84. The Balaban J connectivity index is 1.45. The molecule has 0 unspecified atom stereocenters. The van der Waals surface area contributed by atoms with Gasteiger partial charge in [0.25, 0.3) is 11.8 Å². The first-order valence-corrected chi connectivity index (χ1v) is 10.5. The van der Waals surface area contributed by atoms with E-state index in [1.54, 1.807) is 24.3 Å². The summed E-state index contributed by atoms with van der Waals surface area (Å²) >= 11 is 0. The number of amides is 2. The first-order valence-electron chi connectivity index (χ1n) is 10.5. The molecule has 3 N–H and O–H groups in total. The fourth-order valence-electron chi connectivity index (χ4n) is 3.97. The summed E-state index contributed by atoms with van der Waals surface area (Å²) in [7, 11) is 1.52. The molecule has 1 aliphatic rings. The van der Waals surface area contributed by atoms with Gasteiger partial charge in [-0.05, 0) is 81.5 Å². The van der Waals surface area contributed by atoms with Gasteiger partial charge in [0.15, 0.2) is 11.5 Å². The highest BCUT2D eigenvalue weighted by molar-refractivity contribution is 6.01. The monoisotopic (exact) mass is 421 g/mol. The molecule has 7 nitrogen and oxygen atoms in total. The fraction of sp³-hybridized carbons (Fsp3) is 0.333. The van der Waals surface area contributed by atoms with Gasteiger partial charge in [0.1, 0.15) is 0 Å². The van der Waals surface area contributed by atoms with Crippen LogP contribution in [0.4, 0.5) is 0 Å². The smallest absolute Gasteiger partial charge is 0.269 e. The van der Waals surface area contributed by atoms with Crippen molar-refractivity contribution in [1.82, 2.24) is 15.8 Å². The van der Waals surface area contributed by atoms with Crippen LogP contribution >= 0.6 is 0 Å². The molecule has 0 aliphatic heterocycles. The van der Waals surface area contributed by atoms with Gasteiger partial charge in [0, 0.05) is 27.7 Å². The second-order valence-electron chi connectivity index (χ2n) is 7.99. The molecular formula is C24H27N3O4. The van der Waals surface area contributed by atoms with Crippen LogP contribution in [0.3, 0.4) is 0 Å². The number of hydrogen-bond acceptors (Lipinski definition) is 4. The number of methoxy groups -OCH3 is 1. The minimum atomic E-state index is -0.442. The van der Waals surface area contributed by atoms with Crippen LogP contribution in [0.2, 0.25) is 0 Å². The van der Waals surface area contributed by atoms with E-state index in [0.717, 1.165) is 30.2 Å². The summed E-state index contributed by atoms with van der Waals surface area (Å²) < 4.78 is 11.0. The van der Waals surface area contributed by atoms with Crippen molar-refractivity contribution in [2.75, 3.05) is 7.11 Å². The quantitative estimate of drug-likeness (QED) is 0.545. The van der Waals surface area contributed by atoms with E-state index in [2.05, 4.69) is 15.8 Å². The van der Waals surface area contributed by atoms with E-state index in [9.17, 15) is 9.59 Å². The normalized spacial score (nSPS) is 13.0. The third-order valence-corrected chi connectivity index (χ3v) is 5.44. The molecule has 1 aliphatic carbocycles. The molecule has 2 aromatic carbocycles. The number of aromatic nitrogens is 1. The predicted molar refractivity (Wildman–Crippen MR) is 119 cm³/mol. The first-order chi connectivity index (χ1) is 15.0. The van der Waals surface area contributed by atoms with Gasteiger partial charge in [-0.3, -0.25) is 20.4 Å². The molecule has 0 bridgehead atoms. The molecular weight excluding hydrogens is 394 g/mol. The number of carbonyl (C=O) groups is 2. The summed E-state index contributed by atoms with van der Waals surface area (Å²) in [5, 5.41) is 1.08. The van der Waals surface area contributed by atoms with E-state index in [0.29, 0.717) is 22.6 Å². The molecule has 0 atom stereocenters. The number of fused-ring (bicyclic) bond motifs is 3. The fourth-order valence-corrected chi connectivity index (χ4v) is 3.97. The molecule has 0 saturated heterocycles. The minimum Gasteiger partial charge on any atom is -0.493 e. The van der Waals surface area contributed by atoms with Crippen molar-refractivity contribution in [3.8, 4) is 11.5 Å². The minimum absolute atomic E-state index is 0.0177. The number of benzene rings is 2. The van der Waals surface area contributed by atoms with E-state index < -0.39 is 5.91 Å². The average molecular weight is 421 g/mol. The summed E-state index contributed by atoms with van der Waals surface area (Å²) in [6, 6.07) is 10.4. The lowest BCUT2D eigenvalue weighted by Crippen LogP contribution is -2.41. The second-order valence-corrected chi connectivity index (χ2v) is 7.99. The molecule has 0 saturated carbocycles. The van der Waals surface area contributed by atoms with Gasteiger partial charge in [-0.15, -0.1) is 0 Å². The lowest BCUT2D eigenvalue weighted by Gasteiger charge is -2.14. The Hall–Kier alpha value is -3.48. The summed E-state index contributed by atoms with van der Waals surface area (Å²) in [6.07, 6.45) is 4.41. The molecule has 2 amide bonds. The number of H-pyrrole nitrogens is 1. The average Bonchev–Trinajstić information content (AvgIpc) is 3.15. The SMILES string of the molecule is COc1cc(C(=O)NNC(=O)c2ccc3[nH]c4c(c3c2)CCCC4)ccc1OC(C)C. The number of hydrazine groups is 1. The molecule has 0 fully saturated rings. The summed E-state index contributed by atoms with van der Waals surface area (Å²) in [5.74, 6) is 0.201. The highest BCUT2D eigenvalue weighted by Gasteiger charge is 2.18. The van der Waals surface area contributed by atoms with Crippen molar-refractivity contribution >= 4 is 22.7 Å². The van der Waals surface area contributed by atoms with Crippen molar-refractivity contribution in [2.24, 2.45) is 0 Å². The van der Waals surface area contributed by atoms with Gasteiger partial charge in [0.05, 0.1) is 13.2 Å². The maximum atomic E-state index is 12.6. The maximum Gasteiger partial charge on any atom is 0.269 e. The summed E-state index contributed by atoms with van der Waals surface area (Å²) in [5.41, 5.74) is 9.43. The molecule has 162 valence electrons. The zero-order valence-corrected chi connectivity index (χ0v) is 18.0. The third kappa shape index (κ3) is 4.35. The standard InChI is InChI=1S/C24H27N3O4/c1-14(2)31-21-11-9-16(13-22(21)30-3)24(29)27-26-23(28)15-8-10-20-18(12-15)17-6-4-5-7-19(17)25-20/h8-14,25H,4-7H2,1-3H3,(H,26,28)(H,27,29). The van der Waals surface area contributed by atoms with Gasteiger partial charge >= 0.3 is 0 Å². The van der Waals surface area contributed by atoms with Crippen LogP contribution in [-0.4, -0.2) is 30.0 Å².